The maximum absolute atomic E-state index is 9.28. The number of aliphatic hydroxyl groups is 1. The fourth-order valence-corrected chi connectivity index (χ4v) is 3.10. The zero-order chi connectivity index (χ0) is 19.4. The first-order valence-electron chi connectivity index (χ1n) is 9.80. The van der Waals surface area contributed by atoms with Crippen molar-refractivity contribution in [2.45, 2.75) is 46.7 Å². The van der Waals surface area contributed by atoms with Gasteiger partial charge in [0.15, 0.2) is 5.96 Å². The van der Waals surface area contributed by atoms with Crippen molar-refractivity contribution in [3.8, 4) is 0 Å². The quantitative estimate of drug-likeness (QED) is 0.253. The SMILES string of the molecule is CCNC(=NCc1cccc(CN(C)C)c1)NCC(CCO)CC(C)C.I. The van der Waals surface area contributed by atoms with Crippen LogP contribution in [0.4, 0.5) is 0 Å². The van der Waals surface area contributed by atoms with Crippen LogP contribution in [0.1, 0.15) is 44.7 Å². The molecule has 1 rings (SSSR count). The van der Waals surface area contributed by atoms with Gasteiger partial charge in [0.25, 0.3) is 0 Å². The molecule has 156 valence electrons. The Balaban J connectivity index is 0.00000676. The number of aliphatic hydroxyl groups excluding tert-OH is 1. The summed E-state index contributed by atoms with van der Waals surface area (Å²) < 4.78 is 0. The van der Waals surface area contributed by atoms with Crippen molar-refractivity contribution < 1.29 is 5.11 Å². The van der Waals surface area contributed by atoms with E-state index in [1.54, 1.807) is 0 Å². The Morgan fingerprint density at radius 1 is 1.19 bits per heavy atom. The van der Waals surface area contributed by atoms with Crippen LogP contribution in [0.3, 0.4) is 0 Å². The highest BCUT2D eigenvalue weighted by Gasteiger charge is 2.11. The number of rotatable bonds is 11. The third kappa shape index (κ3) is 12.3. The van der Waals surface area contributed by atoms with Crippen LogP contribution >= 0.6 is 24.0 Å². The third-order valence-corrected chi connectivity index (χ3v) is 4.15. The first-order chi connectivity index (χ1) is 12.4. The topological polar surface area (TPSA) is 59.9 Å². The number of halogens is 1. The lowest BCUT2D eigenvalue weighted by atomic mass is 9.94. The van der Waals surface area contributed by atoms with Gasteiger partial charge in [-0.25, -0.2) is 4.99 Å². The summed E-state index contributed by atoms with van der Waals surface area (Å²) in [7, 11) is 4.16. The lowest BCUT2D eigenvalue weighted by Crippen LogP contribution is -2.40. The molecule has 0 aliphatic carbocycles. The van der Waals surface area contributed by atoms with Gasteiger partial charge >= 0.3 is 0 Å². The highest BCUT2D eigenvalue weighted by atomic mass is 127. The van der Waals surface area contributed by atoms with Gasteiger partial charge in [0, 0.05) is 26.2 Å². The Kier molecular flexibility index (Phi) is 14.6. The lowest BCUT2D eigenvalue weighted by Gasteiger charge is -2.20. The fraction of sp³-hybridized carbons (Fsp3) is 0.667. The second-order valence-electron chi connectivity index (χ2n) is 7.64. The Hall–Kier alpha value is -0.860. The van der Waals surface area contributed by atoms with Gasteiger partial charge in [0.1, 0.15) is 0 Å². The minimum atomic E-state index is 0. The van der Waals surface area contributed by atoms with Crippen LogP contribution in [-0.4, -0.2) is 49.8 Å². The van der Waals surface area contributed by atoms with Crippen molar-refractivity contribution in [2.75, 3.05) is 33.8 Å². The minimum absolute atomic E-state index is 0. The maximum Gasteiger partial charge on any atom is 0.191 e. The van der Waals surface area contributed by atoms with Crippen LogP contribution in [-0.2, 0) is 13.1 Å². The van der Waals surface area contributed by atoms with E-state index < -0.39 is 0 Å². The average molecular weight is 490 g/mol. The number of aliphatic imine (C=N–C) groups is 1. The highest BCUT2D eigenvalue weighted by Crippen LogP contribution is 2.14. The number of guanidine groups is 1. The van der Waals surface area contributed by atoms with Gasteiger partial charge in [0.2, 0.25) is 0 Å². The van der Waals surface area contributed by atoms with Gasteiger partial charge in [-0.3, -0.25) is 0 Å². The van der Waals surface area contributed by atoms with Crippen molar-refractivity contribution in [2.24, 2.45) is 16.8 Å². The van der Waals surface area contributed by atoms with Gasteiger partial charge in [-0.2, -0.15) is 0 Å². The smallest absolute Gasteiger partial charge is 0.191 e. The molecule has 6 heteroatoms. The molecule has 1 unspecified atom stereocenters. The fourth-order valence-electron chi connectivity index (χ4n) is 3.10. The zero-order valence-electron chi connectivity index (χ0n) is 17.7. The summed E-state index contributed by atoms with van der Waals surface area (Å²) in [6.07, 6.45) is 1.94. The molecule has 0 aliphatic heterocycles. The van der Waals surface area contributed by atoms with E-state index in [1.165, 1.54) is 11.1 Å². The van der Waals surface area contributed by atoms with Crippen molar-refractivity contribution in [1.29, 1.82) is 0 Å². The number of hydrogen-bond donors (Lipinski definition) is 3. The molecule has 0 fully saturated rings. The van der Waals surface area contributed by atoms with Crippen LogP contribution in [0.15, 0.2) is 29.3 Å². The molecule has 1 aromatic rings. The molecule has 0 aromatic heterocycles. The Bertz CT molecular complexity index is 535. The predicted molar refractivity (Wildman–Crippen MR) is 127 cm³/mol. The standard InChI is InChI=1S/C21H38N4O.HI/c1-6-22-21(24-15-19(10-11-26)12-17(2)3)23-14-18-8-7-9-20(13-18)16-25(4)5;/h7-9,13,17,19,26H,6,10-12,14-16H2,1-5H3,(H2,22,23,24);1H. The van der Waals surface area contributed by atoms with Crippen LogP contribution in [0.2, 0.25) is 0 Å². The Morgan fingerprint density at radius 2 is 1.89 bits per heavy atom. The predicted octanol–water partition coefficient (Wildman–Crippen LogP) is 3.47. The summed E-state index contributed by atoms with van der Waals surface area (Å²) in [5, 5.41) is 16.0. The summed E-state index contributed by atoms with van der Waals surface area (Å²) >= 11 is 0. The van der Waals surface area contributed by atoms with E-state index in [0.29, 0.717) is 18.4 Å². The molecule has 5 nitrogen and oxygen atoms in total. The molecule has 0 bridgehead atoms. The number of nitrogens with zero attached hydrogens (tertiary/aromatic N) is 2. The number of benzene rings is 1. The van der Waals surface area contributed by atoms with Crippen molar-refractivity contribution in [1.82, 2.24) is 15.5 Å². The van der Waals surface area contributed by atoms with E-state index in [2.05, 4.69) is 74.7 Å². The molecule has 3 N–H and O–H groups in total. The normalized spacial score (nSPS) is 12.8. The summed E-state index contributed by atoms with van der Waals surface area (Å²) in [5.74, 6) is 1.94. The first kappa shape index (κ1) is 26.1. The molecule has 0 heterocycles. The molecular formula is C21H39IN4O. The van der Waals surface area contributed by atoms with E-state index in [0.717, 1.165) is 38.4 Å². The van der Waals surface area contributed by atoms with Crippen molar-refractivity contribution in [3.05, 3.63) is 35.4 Å². The molecule has 1 aromatic carbocycles. The van der Waals surface area contributed by atoms with Gasteiger partial charge in [-0.15, -0.1) is 24.0 Å². The molecule has 0 spiro atoms. The van der Waals surface area contributed by atoms with Gasteiger partial charge in [-0.05, 0) is 56.8 Å². The van der Waals surface area contributed by atoms with Gasteiger partial charge in [0.05, 0.1) is 6.54 Å². The Labute approximate surface area is 183 Å². The molecule has 1 atom stereocenters. The molecule has 0 amide bonds. The summed E-state index contributed by atoms with van der Waals surface area (Å²) in [6.45, 7) is 10.0. The van der Waals surface area contributed by atoms with Crippen LogP contribution in [0.5, 0.6) is 0 Å². The van der Waals surface area contributed by atoms with Crippen molar-refractivity contribution >= 4 is 29.9 Å². The Morgan fingerprint density at radius 3 is 2.48 bits per heavy atom. The maximum atomic E-state index is 9.28. The monoisotopic (exact) mass is 490 g/mol. The first-order valence-corrected chi connectivity index (χ1v) is 9.80. The molecule has 27 heavy (non-hydrogen) atoms. The summed E-state index contributed by atoms with van der Waals surface area (Å²) in [5.41, 5.74) is 2.52. The van der Waals surface area contributed by atoms with Gasteiger partial charge in [-0.1, -0.05) is 38.1 Å². The second kappa shape index (κ2) is 15.1. The van der Waals surface area contributed by atoms with E-state index in [1.807, 2.05) is 0 Å². The summed E-state index contributed by atoms with van der Waals surface area (Å²) in [4.78, 5) is 6.90. The van der Waals surface area contributed by atoms with Gasteiger partial charge < -0.3 is 20.6 Å². The third-order valence-electron chi connectivity index (χ3n) is 4.15. The molecule has 0 aliphatic rings. The lowest BCUT2D eigenvalue weighted by molar-refractivity contribution is 0.243. The largest absolute Gasteiger partial charge is 0.396 e. The molecular weight excluding hydrogens is 451 g/mol. The van der Waals surface area contributed by atoms with Crippen LogP contribution in [0, 0.1) is 11.8 Å². The van der Waals surface area contributed by atoms with Crippen LogP contribution < -0.4 is 10.6 Å². The zero-order valence-corrected chi connectivity index (χ0v) is 20.0. The van der Waals surface area contributed by atoms with E-state index in [4.69, 9.17) is 4.99 Å². The average Bonchev–Trinajstić information content (AvgIpc) is 2.56. The van der Waals surface area contributed by atoms with E-state index in [-0.39, 0.29) is 30.6 Å². The second-order valence-corrected chi connectivity index (χ2v) is 7.64. The molecule has 0 saturated carbocycles. The number of nitrogens with one attached hydrogen (secondary N) is 2. The molecule has 0 saturated heterocycles. The summed E-state index contributed by atoms with van der Waals surface area (Å²) in [6, 6.07) is 8.60. The van der Waals surface area contributed by atoms with E-state index in [9.17, 15) is 5.11 Å². The van der Waals surface area contributed by atoms with Crippen molar-refractivity contribution in [3.63, 3.8) is 0 Å². The molecule has 0 radical (unpaired) electrons. The highest BCUT2D eigenvalue weighted by molar-refractivity contribution is 14.0. The minimum Gasteiger partial charge on any atom is -0.396 e. The number of hydrogen-bond acceptors (Lipinski definition) is 3. The van der Waals surface area contributed by atoms with E-state index >= 15 is 0 Å². The van der Waals surface area contributed by atoms with Crippen LogP contribution in [0.25, 0.3) is 0 Å².